The highest BCUT2D eigenvalue weighted by Crippen LogP contribution is 2.27. The summed E-state index contributed by atoms with van der Waals surface area (Å²) in [5.41, 5.74) is 2.37. The van der Waals surface area contributed by atoms with Crippen LogP contribution in [0, 0.1) is 6.92 Å². The van der Waals surface area contributed by atoms with Crippen molar-refractivity contribution in [2.75, 3.05) is 5.32 Å². The predicted octanol–water partition coefficient (Wildman–Crippen LogP) is 4.23. The van der Waals surface area contributed by atoms with Gasteiger partial charge in [0.2, 0.25) is 5.91 Å². The largest absolute Gasteiger partial charge is 0.379 e. The fraction of sp³-hybridized carbons (Fsp3) is 0.158. The second-order valence-corrected chi connectivity index (χ2v) is 8.19. The molecule has 1 aromatic heterocycles. The van der Waals surface area contributed by atoms with Crippen LogP contribution in [-0.2, 0) is 14.9 Å². The fourth-order valence-electron chi connectivity index (χ4n) is 2.27. The average molecular weight is 402 g/mol. The van der Waals surface area contributed by atoms with Gasteiger partial charge in [-0.05, 0) is 55.5 Å². The summed E-state index contributed by atoms with van der Waals surface area (Å²) in [6.45, 7) is 3.66. The summed E-state index contributed by atoms with van der Waals surface area (Å²) < 4.78 is 30.1. The number of hydrogen-bond acceptors (Lipinski definition) is 6. The van der Waals surface area contributed by atoms with Crippen LogP contribution < -0.4 is 9.50 Å². The summed E-state index contributed by atoms with van der Waals surface area (Å²) in [5.74, 6) is 0.0766. The number of thiazole rings is 1. The van der Waals surface area contributed by atoms with Crippen LogP contribution in [0.5, 0.6) is 5.75 Å². The van der Waals surface area contributed by atoms with E-state index in [0.717, 1.165) is 16.3 Å². The number of nitrogens with zero attached hydrogens (tertiary/aromatic N) is 1. The van der Waals surface area contributed by atoms with Crippen LogP contribution in [0.25, 0.3) is 10.6 Å². The topological polar surface area (TPSA) is 85.4 Å². The summed E-state index contributed by atoms with van der Waals surface area (Å²) in [6, 6.07) is 12.6. The number of rotatable bonds is 6. The van der Waals surface area contributed by atoms with Gasteiger partial charge in [0, 0.05) is 28.7 Å². The molecule has 1 N–H and O–H groups in total. The molecule has 1 amide bonds. The number of carbonyl (C=O) groups is 1. The van der Waals surface area contributed by atoms with Crippen LogP contribution in [0.4, 0.5) is 5.69 Å². The minimum Gasteiger partial charge on any atom is -0.379 e. The van der Waals surface area contributed by atoms with Gasteiger partial charge in [0.1, 0.15) is 15.7 Å². The quantitative estimate of drug-likeness (QED) is 0.624. The standard InChI is InChI=1S/C19H18N2O4S2/c1-3-18(22)21-15-6-10-17(11-7-15)27(23,24)25-16-8-4-14(5-9-16)19-20-13(2)12-26-19/h4-12H,3H2,1-2H3,(H,21,22). The van der Waals surface area contributed by atoms with E-state index >= 15 is 0 Å². The minimum atomic E-state index is -3.96. The molecule has 140 valence electrons. The molecule has 0 saturated carbocycles. The first kappa shape index (κ1) is 19.1. The molecule has 2 aromatic carbocycles. The summed E-state index contributed by atoms with van der Waals surface area (Å²) >= 11 is 1.53. The van der Waals surface area contributed by atoms with E-state index in [-0.39, 0.29) is 16.6 Å². The number of anilines is 1. The second kappa shape index (κ2) is 7.89. The third kappa shape index (κ3) is 4.72. The van der Waals surface area contributed by atoms with Gasteiger partial charge in [-0.3, -0.25) is 4.79 Å². The molecule has 0 radical (unpaired) electrons. The average Bonchev–Trinajstić information content (AvgIpc) is 3.09. The molecule has 8 heteroatoms. The molecule has 3 aromatic rings. The Morgan fingerprint density at radius 3 is 2.33 bits per heavy atom. The van der Waals surface area contributed by atoms with Crippen LogP contribution in [0.3, 0.4) is 0 Å². The van der Waals surface area contributed by atoms with Crippen LogP contribution in [-0.4, -0.2) is 19.3 Å². The maximum absolute atomic E-state index is 12.4. The Morgan fingerprint density at radius 2 is 1.78 bits per heavy atom. The van der Waals surface area contributed by atoms with E-state index in [4.69, 9.17) is 4.18 Å². The van der Waals surface area contributed by atoms with Gasteiger partial charge in [-0.25, -0.2) is 4.98 Å². The first-order valence-electron chi connectivity index (χ1n) is 8.24. The smallest absolute Gasteiger partial charge is 0.339 e. The van der Waals surface area contributed by atoms with E-state index in [9.17, 15) is 13.2 Å². The second-order valence-electron chi connectivity index (χ2n) is 5.78. The SMILES string of the molecule is CCC(=O)Nc1ccc(S(=O)(=O)Oc2ccc(-c3nc(C)cs3)cc2)cc1. The van der Waals surface area contributed by atoms with E-state index in [1.807, 2.05) is 12.3 Å². The van der Waals surface area contributed by atoms with Gasteiger partial charge in [-0.2, -0.15) is 8.42 Å². The highest BCUT2D eigenvalue weighted by molar-refractivity contribution is 7.87. The van der Waals surface area contributed by atoms with Crippen molar-refractivity contribution in [1.29, 1.82) is 0 Å². The zero-order chi connectivity index (χ0) is 19.4. The Hall–Kier alpha value is -2.71. The predicted molar refractivity (Wildman–Crippen MR) is 105 cm³/mol. The van der Waals surface area contributed by atoms with Crippen molar-refractivity contribution in [1.82, 2.24) is 4.98 Å². The van der Waals surface area contributed by atoms with E-state index in [1.165, 1.54) is 35.6 Å². The maximum atomic E-state index is 12.4. The normalized spacial score (nSPS) is 11.2. The molecular weight excluding hydrogens is 384 g/mol. The number of amides is 1. The van der Waals surface area contributed by atoms with Gasteiger partial charge >= 0.3 is 10.1 Å². The van der Waals surface area contributed by atoms with Crippen molar-refractivity contribution < 1.29 is 17.4 Å². The van der Waals surface area contributed by atoms with Gasteiger partial charge in [0.15, 0.2) is 0 Å². The van der Waals surface area contributed by atoms with Crippen LogP contribution in [0.2, 0.25) is 0 Å². The molecule has 3 rings (SSSR count). The lowest BCUT2D eigenvalue weighted by Gasteiger charge is -2.09. The van der Waals surface area contributed by atoms with Gasteiger partial charge in [-0.15, -0.1) is 11.3 Å². The molecule has 0 saturated heterocycles. The molecule has 6 nitrogen and oxygen atoms in total. The van der Waals surface area contributed by atoms with Crippen LogP contribution >= 0.6 is 11.3 Å². The lowest BCUT2D eigenvalue weighted by molar-refractivity contribution is -0.115. The zero-order valence-corrected chi connectivity index (χ0v) is 16.4. The highest BCUT2D eigenvalue weighted by atomic mass is 32.2. The summed E-state index contributed by atoms with van der Waals surface area (Å²) in [7, 11) is -3.96. The lowest BCUT2D eigenvalue weighted by Crippen LogP contribution is -2.11. The lowest BCUT2D eigenvalue weighted by atomic mass is 10.2. The number of benzene rings is 2. The molecule has 0 fully saturated rings. The highest BCUT2D eigenvalue weighted by Gasteiger charge is 2.17. The number of nitrogens with one attached hydrogen (secondary N) is 1. The number of hydrogen-bond donors (Lipinski definition) is 1. The molecule has 27 heavy (non-hydrogen) atoms. The molecule has 0 spiro atoms. The minimum absolute atomic E-state index is 0.0108. The Labute approximate surface area is 162 Å². The van der Waals surface area contributed by atoms with Gasteiger partial charge in [0.05, 0.1) is 0 Å². The molecule has 1 heterocycles. The summed E-state index contributed by atoms with van der Waals surface area (Å²) in [5, 5.41) is 5.49. The van der Waals surface area contributed by atoms with Crippen molar-refractivity contribution >= 4 is 33.0 Å². The van der Waals surface area contributed by atoms with E-state index in [0.29, 0.717) is 12.1 Å². The van der Waals surface area contributed by atoms with E-state index < -0.39 is 10.1 Å². The Morgan fingerprint density at radius 1 is 1.11 bits per heavy atom. The van der Waals surface area contributed by atoms with Gasteiger partial charge in [0.25, 0.3) is 0 Å². The van der Waals surface area contributed by atoms with Crippen molar-refractivity contribution in [3.8, 4) is 16.3 Å². The van der Waals surface area contributed by atoms with Crippen molar-refractivity contribution in [3.05, 3.63) is 59.6 Å². The maximum Gasteiger partial charge on any atom is 0.339 e. The third-order valence-electron chi connectivity index (χ3n) is 3.67. The summed E-state index contributed by atoms with van der Waals surface area (Å²) in [6.07, 6.45) is 0.347. The number of carbonyl (C=O) groups excluding carboxylic acids is 1. The van der Waals surface area contributed by atoms with Gasteiger partial charge < -0.3 is 9.50 Å². The van der Waals surface area contributed by atoms with E-state index in [1.54, 1.807) is 31.2 Å². The molecule has 0 aliphatic carbocycles. The van der Waals surface area contributed by atoms with Crippen molar-refractivity contribution in [2.24, 2.45) is 0 Å². The fourth-order valence-corrected chi connectivity index (χ4v) is 4.00. The van der Waals surface area contributed by atoms with Crippen molar-refractivity contribution in [3.63, 3.8) is 0 Å². The Balaban J connectivity index is 1.73. The molecule has 0 unspecified atom stereocenters. The first-order valence-corrected chi connectivity index (χ1v) is 10.5. The molecular formula is C19H18N2O4S2. The Kier molecular flexibility index (Phi) is 5.57. The first-order chi connectivity index (χ1) is 12.9. The third-order valence-corrected chi connectivity index (χ3v) is 5.94. The molecule has 0 atom stereocenters. The number of aromatic nitrogens is 1. The van der Waals surface area contributed by atoms with Crippen LogP contribution in [0.1, 0.15) is 19.0 Å². The number of aryl methyl sites for hydroxylation is 1. The van der Waals surface area contributed by atoms with Gasteiger partial charge in [-0.1, -0.05) is 6.92 Å². The summed E-state index contributed by atoms with van der Waals surface area (Å²) in [4.78, 5) is 15.8. The Bertz CT molecular complexity index is 1040. The molecule has 0 aliphatic heterocycles. The monoisotopic (exact) mass is 402 g/mol. The molecule has 0 aliphatic rings. The van der Waals surface area contributed by atoms with Crippen LogP contribution in [0.15, 0.2) is 58.8 Å². The molecule has 0 bridgehead atoms. The van der Waals surface area contributed by atoms with Crippen molar-refractivity contribution in [2.45, 2.75) is 25.2 Å². The van der Waals surface area contributed by atoms with E-state index in [2.05, 4.69) is 10.3 Å². The zero-order valence-electron chi connectivity index (χ0n) is 14.8.